The van der Waals surface area contributed by atoms with Gasteiger partial charge in [-0.1, -0.05) is 35.9 Å². The van der Waals surface area contributed by atoms with Gasteiger partial charge in [0.05, 0.1) is 5.41 Å². The number of aryl methyl sites for hydroxylation is 1. The van der Waals surface area contributed by atoms with Crippen molar-refractivity contribution in [1.82, 2.24) is 9.80 Å². The Hall–Kier alpha value is -1.65. The van der Waals surface area contributed by atoms with Crippen molar-refractivity contribution >= 4 is 17.2 Å². The minimum atomic E-state index is -0.124. The Kier molecular flexibility index (Phi) is 4.19. The van der Waals surface area contributed by atoms with Crippen LogP contribution in [-0.4, -0.2) is 35.3 Å². The van der Waals surface area contributed by atoms with Crippen LogP contribution < -0.4 is 0 Å². The predicted octanol–water partition coefficient (Wildman–Crippen LogP) is 3.68. The molecule has 24 heavy (non-hydrogen) atoms. The molecule has 2 aliphatic heterocycles. The molecule has 126 valence electrons. The molecule has 2 saturated heterocycles. The molecule has 2 aromatic rings. The molecule has 0 N–H and O–H groups in total. The number of hydrogen-bond acceptors (Lipinski definition) is 3. The van der Waals surface area contributed by atoms with E-state index in [-0.39, 0.29) is 5.41 Å². The summed E-state index contributed by atoms with van der Waals surface area (Å²) in [7, 11) is 0. The third kappa shape index (κ3) is 3.01. The van der Waals surface area contributed by atoms with Crippen LogP contribution >= 0.6 is 11.3 Å². The molecule has 4 heteroatoms. The molecule has 2 aliphatic rings. The third-order valence-corrected chi connectivity index (χ3v) is 6.31. The van der Waals surface area contributed by atoms with Crippen molar-refractivity contribution in [3.8, 4) is 0 Å². The summed E-state index contributed by atoms with van der Waals surface area (Å²) in [5.41, 5.74) is 2.38. The lowest BCUT2D eigenvalue weighted by Gasteiger charge is -2.23. The maximum Gasteiger partial charge on any atom is 0.230 e. The van der Waals surface area contributed by atoms with Gasteiger partial charge in [-0.3, -0.25) is 9.69 Å². The van der Waals surface area contributed by atoms with Crippen LogP contribution in [0.5, 0.6) is 0 Å². The van der Waals surface area contributed by atoms with Gasteiger partial charge in [0.2, 0.25) is 5.91 Å². The van der Waals surface area contributed by atoms with Crippen LogP contribution in [0.2, 0.25) is 0 Å². The summed E-state index contributed by atoms with van der Waals surface area (Å²) < 4.78 is 0. The highest BCUT2D eigenvalue weighted by molar-refractivity contribution is 7.09. The number of rotatable bonds is 4. The molecule has 1 unspecified atom stereocenters. The number of hydrogen-bond donors (Lipinski definition) is 0. The zero-order chi connectivity index (χ0) is 16.6. The fourth-order valence-corrected chi connectivity index (χ4v) is 4.92. The van der Waals surface area contributed by atoms with Crippen LogP contribution in [0.4, 0.5) is 0 Å². The Morgan fingerprint density at radius 2 is 2.00 bits per heavy atom. The van der Waals surface area contributed by atoms with E-state index in [9.17, 15) is 4.79 Å². The Morgan fingerprint density at radius 1 is 1.12 bits per heavy atom. The normalized spacial score (nSPS) is 24.4. The van der Waals surface area contributed by atoms with Gasteiger partial charge in [-0.15, -0.1) is 11.3 Å². The van der Waals surface area contributed by atoms with Crippen molar-refractivity contribution in [3.63, 3.8) is 0 Å². The maximum atomic E-state index is 13.1. The second-order valence-electron chi connectivity index (χ2n) is 7.29. The summed E-state index contributed by atoms with van der Waals surface area (Å²) in [6, 6.07) is 12.8. The van der Waals surface area contributed by atoms with Crippen LogP contribution in [0.1, 0.15) is 28.8 Å². The summed E-state index contributed by atoms with van der Waals surface area (Å²) in [5, 5.41) is 2.13. The van der Waals surface area contributed by atoms with E-state index in [0.29, 0.717) is 5.91 Å². The molecule has 1 atom stereocenters. The van der Waals surface area contributed by atoms with Gasteiger partial charge in [-0.05, 0) is 43.3 Å². The van der Waals surface area contributed by atoms with Gasteiger partial charge in [0.25, 0.3) is 0 Å². The molecule has 1 spiro atoms. The second kappa shape index (κ2) is 6.34. The average Bonchev–Trinajstić information content (AvgIpc) is 3.27. The van der Waals surface area contributed by atoms with Crippen molar-refractivity contribution in [2.24, 2.45) is 5.41 Å². The largest absolute Gasteiger partial charge is 0.338 e. The van der Waals surface area contributed by atoms with Crippen LogP contribution in [-0.2, 0) is 17.9 Å². The molecule has 3 heterocycles. The highest BCUT2D eigenvalue weighted by Gasteiger charge is 2.50. The smallest absolute Gasteiger partial charge is 0.230 e. The van der Waals surface area contributed by atoms with Gasteiger partial charge in [-0.25, -0.2) is 0 Å². The molecule has 1 aromatic carbocycles. The Labute approximate surface area is 147 Å². The summed E-state index contributed by atoms with van der Waals surface area (Å²) in [6.45, 7) is 6.73. The standard InChI is InChI=1S/C20H24N2OS/c1-16-4-2-5-17(12-16)13-22-10-8-20(19(22)23)7-9-21(15-20)14-18-6-3-11-24-18/h2-6,11-12H,7-10,13-15H2,1H3. The van der Waals surface area contributed by atoms with Crippen LogP contribution in [0.25, 0.3) is 0 Å². The summed E-state index contributed by atoms with van der Waals surface area (Å²) in [6.07, 6.45) is 2.03. The Morgan fingerprint density at radius 3 is 2.79 bits per heavy atom. The fourth-order valence-electron chi connectivity index (χ4n) is 4.17. The van der Waals surface area contributed by atoms with Crippen molar-refractivity contribution < 1.29 is 4.79 Å². The molecule has 4 rings (SSSR count). The number of carbonyl (C=O) groups is 1. The molecule has 0 aliphatic carbocycles. The first-order valence-corrected chi connectivity index (χ1v) is 9.62. The lowest BCUT2D eigenvalue weighted by molar-refractivity contribution is -0.136. The van der Waals surface area contributed by atoms with Gasteiger partial charge in [0, 0.05) is 31.1 Å². The van der Waals surface area contributed by atoms with Gasteiger partial charge < -0.3 is 4.90 Å². The zero-order valence-corrected chi connectivity index (χ0v) is 15.0. The topological polar surface area (TPSA) is 23.6 Å². The van der Waals surface area contributed by atoms with Crippen molar-refractivity contribution in [2.75, 3.05) is 19.6 Å². The van der Waals surface area contributed by atoms with E-state index < -0.39 is 0 Å². The van der Waals surface area contributed by atoms with Gasteiger partial charge in [0.1, 0.15) is 0 Å². The second-order valence-corrected chi connectivity index (χ2v) is 8.32. The zero-order valence-electron chi connectivity index (χ0n) is 14.2. The summed E-state index contributed by atoms with van der Waals surface area (Å²) >= 11 is 1.81. The lowest BCUT2D eigenvalue weighted by atomic mass is 9.85. The number of nitrogens with zero attached hydrogens (tertiary/aromatic N) is 2. The van der Waals surface area contributed by atoms with E-state index in [1.54, 1.807) is 0 Å². The van der Waals surface area contributed by atoms with E-state index >= 15 is 0 Å². The van der Waals surface area contributed by atoms with E-state index in [2.05, 4.69) is 58.5 Å². The Balaban J connectivity index is 1.41. The highest BCUT2D eigenvalue weighted by Crippen LogP contribution is 2.41. The third-order valence-electron chi connectivity index (χ3n) is 5.45. The van der Waals surface area contributed by atoms with Crippen LogP contribution in [0.15, 0.2) is 41.8 Å². The summed E-state index contributed by atoms with van der Waals surface area (Å²) in [5.74, 6) is 0.373. The number of amides is 1. The average molecular weight is 340 g/mol. The predicted molar refractivity (Wildman–Crippen MR) is 97.9 cm³/mol. The van der Waals surface area contributed by atoms with Crippen molar-refractivity contribution in [2.45, 2.75) is 32.9 Å². The quantitative estimate of drug-likeness (QED) is 0.848. The maximum absolute atomic E-state index is 13.1. The molecule has 1 aromatic heterocycles. The minimum Gasteiger partial charge on any atom is -0.338 e. The first-order chi connectivity index (χ1) is 11.6. The molecular weight excluding hydrogens is 316 g/mol. The van der Waals surface area contributed by atoms with E-state index in [1.807, 2.05) is 11.3 Å². The minimum absolute atomic E-state index is 0.124. The first kappa shape index (κ1) is 15.9. The molecule has 0 bridgehead atoms. The van der Waals surface area contributed by atoms with E-state index in [4.69, 9.17) is 0 Å². The molecule has 0 saturated carbocycles. The van der Waals surface area contributed by atoms with Crippen molar-refractivity contribution in [1.29, 1.82) is 0 Å². The molecule has 0 radical (unpaired) electrons. The van der Waals surface area contributed by atoms with Gasteiger partial charge in [0.15, 0.2) is 0 Å². The first-order valence-electron chi connectivity index (χ1n) is 8.74. The van der Waals surface area contributed by atoms with Crippen LogP contribution in [0, 0.1) is 12.3 Å². The molecule has 3 nitrogen and oxygen atoms in total. The highest BCUT2D eigenvalue weighted by atomic mass is 32.1. The van der Waals surface area contributed by atoms with Gasteiger partial charge >= 0.3 is 0 Å². The SMILES string of the molecule is Cc1cccc(CN2CCC3(CCN(Cc4cccs4)C3)C2=O)c1. The van der Waals surface area contributed by atoms with Crippen molar-refractivity contribution in [3.05, 3.63) is 57.8 Å². The molecule has 2 fully saturated rings. The molecule has 1 amide bonds. The van der Waals surface area contributed by atoms with Gasteiger partial charge in [-0.2, -0.15) is 0 Å². The van der Waals surface area contributed by atoms with E-state index in [0.717, 1.165) is 45.6 Å². The number of carbonyl (C=O) groups excluding carboxylic acids is 1. The lowest BCUT2D eigenvalue weighted by Crippen LogP contribution is -2.36. The number of likely N-dealkylation sites (tertiary alicyclic amines) is 2. The summed E-state index contributed by atoms with van der Waals surface area (Å²) in [4.78, 5) is 19.0. The monoisotopic (exact) mass is 340 g/mol. The van der Waals surface area contributed by atoms with Crippen LogP contribution in [0.3, 0.4) is 0 Å². The Bertz CT molecular complexity index is 727. The molecular formula is C20H24N2OS. The fraction of sp³-hybridized carbons (Fsp3) is 0.450. The number of benzene rings is 1. The van der Waals surface area contributed by atoms with E-state index in [1.165, 1.54) is 16.0 Å². The number of thiophene rings is 1.